The van der Waals surface area contributed by atoms with Crippen molar-refractivity contribution in [3.05, 3.63) is 36.0 Å². The molecule has 1 heterocycles. The van der Waals surface area contributed by atoms with Crippen LogP contribution in [0.2, 0.25) is 0 Å². The Hall–Kier alpha value is -2.67. The monoisotopic (exact) mass is 316 g/mol. The molecule has 121 valence electrons. The molecule has 7 heteroatoms. The highest BCUT2D eigenvalue weighted by molar-refractivity contribution is 5.86. The number of carboxylic acid groups (broad SMARTS) is 1. The number of nitrogens with one attached hydrogen (secondary N) is 2. The highest BCUT2D eigenvalue weighted by Crippen LogP contribution is 2.18. The minimum Gasteiger partial charge on any atom is -0.481 e. The average molecular weight is 316 g/mol. The number of carboxylic acids is 1. The first-order chi connectivity index (χ1) is 11.0. The van der Waals surface area contributed by atoms with Gasteiger partial charge < -0.3 is 21.1 Å². The maximum Gasteiger partial charge on any atom is 0.303 e. The van der Waals surface area contributed by atoms with Crippen molar-refractivity contribution in [1.82, 2.24) is 10.3 Å². The Morgan fingerprint density at radius 3 is 2.78 bits per heavy atom. The molecule has 0 fully saturated rings. The van der Waals surface area contributed by atoms with Crippen LogP contribution in [0.1, 0.15) is 18.4 Å². The number of amides is 1. The summed E-state index contributed by atoms with van der Waals surface area (Å²) in [4.78, 5) is 36.6. The smallest absolute Gasteiger partial charge is 0.303 e. The number of aromatic amines is 1. The number of carbonyl (C=O) groups excluding carboxylic acids is 2. The topological polar surface area (TPSA) is 125 Å². The molecule has 0 unspecified atom stereocenters. The molecule has 0 spiro atoms. The van der Waals surface area contributed by atoms with Crippen LogP contribution in [0.15, 0.2) is 30.5 Å². The van der Waals surface area contributed by atoms with Crippen LogP contribution in [0.3, 0.4) is 0 Å². The first-order valence-electron chi connectivity index (χ1n) is 7.21. The first-order valence-corrected chi connectivity index (χ1v) is 7.21. The van der Waals surface area contributed by atoms with Crippen molar-refractivity contribution in [1.29, 1.82) is 0 Å². The molecule has 2 rings (SSSR count). The summed E-state index contributed by atoms with van der Waals surface area (Å²) in [5.41, 5.74) is 7.45. The van der Waals surface area contributed by atoms with Gasteiger partial charge in [0.25, 0.3) is 0 Å². The lowest BCUT2D eigenvalue weighted by Crippen LogP contribution is -2.46. The van der Waals surface area contributed by atoms with Crippen LogP contribution in [-0.2, 0) is 20.8 Å². The number of nitrogens with two attached hydrogens (primary N) is 1. The predicted octanol–water partition coefficient (Wildman–Crippen LogP) is 0.497. The van der Waals surface area contributed by atoms with Crippen LogP contribution in [0, 0.1) is 0 Å². The fourth-order valence-electron chi connectivity index (χ4n) is 2.33. The van der Waals surface area contributed by atoms with Crippen LogP contribution in [0.4, 0.5) is 0 Å². The number of carbonyl (C=O) groups is 2. The number of hydrogen-bond acceptors (Lipinski definition) is 4. The summed E-state index contributed by atoms with van der Waals surface area (Å²) in [5, 5.41) is 12.1. The highest BCUT2D eigenvalue weighted by atomic mass is 16.4. The molecule has 1 aromatic heterocycles. The van der Waals surface area contributed by atoms with E-state index in [4.69, 9.17) is 10.8 Å². The van der Waals surface area contributed by atoms with Crippen LogP contribution in [-0.4, -0.2) is 40.3 Å². The van der Waals surface area contributed by atoms with Gasteiger partial charge in [0.1, 0.15) is 0 Å². The maximum absolute atomic E-state index is 11.9. The zero-order chi connectivity index (χ0) is 16.8. The number of rotatable bonds is 8. The van der Waals surface area contributed by atoms with Gasteiger partial charge in [-0.3, -0.25) is 14.4 Å². The molecule has 2 atom stereocenters. The molecule has 1 radical (unpaired) electrons. The zero-order valence-electron chi connectivity index (χ0n) is 12.4. The van der Waals surface area contributed by atoms with E-state index in [0.29, 0.717) is 0 Å². The normalized spacial score (nSPS) is 13.4. The van der Waals surface area contributed by atoms with Crippen LogP contribution in [0.25, 0.3) is 10.9 Å². The summed E-state index contributed by atoms with van der Waals surface area (Å²) in [6.45, 7) is 0. The van der Waals surface area contributed by atoms with Gasteiger partial charge in [-0.15, -0.1) is 0 Å². The molecular weight excluding hydrogens is 298 g/mol. The largest absolute Gasteiger partial charge is 0.481 e. The summed E-state index contributed by atoms with van der Waals surface area (Å²) in [6.07, 6.45) is 3.67. The standard InChI is InChI=1S/C16H18N3O4/c17-13(5-6-15(21)22)16(23)19-11(9-20)7-10-8-18-14-4-2-1-3-12(10)14/h1-4,8,11,13,18H,5-7,17H2,(H,19,23)(H,21,22)/t11-,13-/m0/s1. The molecule has 0 aliphatic rings. The highest BCUT2D eigenvalue weighted by Gasteiger charge is 2.20. The lowest BCUT2D eigenvalue weighted by Gasteiger charge is -2.15. The van der Waals surface area contributed by atoms with Gasteiger partial charge in [-0.2, -0.15) is 0 Å². The van der Waals surface area contributed by atoms with Crippen molar-refractivity contribution < 1.29 is 19.5 Å². The molecule has 1 amide bonds. The quantitative estimate of drug-likeness (QED) is 0.564. The van der Waals surface area contributed by atoms with E-state index in [2.05, 4.69) is 10.3 Å². The fraction of sp³-hybridized carbons (Fsp3) is 0.312. The Morgan fingerprint density at radius 2 is 2.09 bits per heavy atom. The van der Waals surface area contributed by atoms with Crippen LogP contribution in [0.5, 0.6) is 0 Å². The summed E-state index contributed by atoms with van der Waals surface area (Å²) in [7, 11) is 0. The van der Waals surface area contributed by atoms with Crippen molar-refractivity contribution in [2.75, 3.05) is 0 Å². The van der Waals surface area contributed by atoms with Crippen LogP contribution >= 0.6 is 0 Å². The average Bonchev–Trinajstić information content (AvgIpc) is 2.94. The van der Waals surface area contributed by atoms with E-state index in [9.17, 15) is 14.4 Å². The minimum absolute atomic E-state index is 0.0137. The van der Waals surface area contributed by atoms with E-state index in [0.717, 1.165) is 16.5 Å². The molecule has 0 saturated heterocycles. The number of benzene rings is 1. The van der Waals surface area contributed by atoms with E-state index in [1.165, 1.54) is 0 Å². The summed E-state index contributed by atoms with van der Waals surface area (Å²) >= 11 is 0. The second-order valence-electron chi connectivity index (χ2n) is 5.28. The molecule has 0 aliphatic carbocycles. The third kappa shape index (κ3) is 4.40. The maximum atomic E-state index is 11.9. The van der Waals surface area contributed by atoms with Crippen molar-refractivity contribution >= 4 is 29.1 Å². The van der Waals surface area contributed by atoms with Gasteiger partial charge in [0.2, 0.25) is 12.2 Å². The third-order valence-electron chi connectivity index (χ3n) is 3.56. The van der Waals surface area contributed by atoms with E-state index >= 15 is 0 Å². The van der Waals surface area contributed by atoms with Gasteiger partial charge in [0.05, 0.1) is 12.1 Å². The molecule has 0 saturated carbocycles. The Labute approximate surface area is 132 Å². The van der Waals surface area contributed by atoms with Gasteiger partial charge >= 0.3 is 5.97 Å². The molecule has 2 aromatic rings. The Bertz CT molecular complexity index is 710. The fourth-order valence-corrected chi connectivity index (χ4v) is 2.33. The second-order valence-corrected chi connectivity index (χ2v) is 5.28. The molecule has 1 aromatic carbocycles. The lowest BCUT2D eigenvalue weighted by molar-refractivity contribution is -0.137. The van der Waals surface area contributed by atoms with Crippen molar-refractivity contribution in [3.63, 3.8) is 0 Å². The summed E-state index contributed by atoms with van der Waals surface area (Å²) in [6, 6.07) is 5.82. The number of fused-ring (bicyclic) bond motifs is 1. The summed E-state index contributed by atoms with van der Waals surface area (Å²) in [5.74, 6) is -1.58. The van der Waals surface area contributed by atoms with E-state index in [1.807, 2.05) is 24.3 Å². The Morgan fingerprint density at radius 1 is 1.35 bits per heavy atom. The molecule has 0 bridgehead atoms. The van der Waals surface area contributed by atoms with Gasteiger partial charge in [-0.25, -0.2) is 0 Å². The zero-order valence-corrected chi connectivity index (χ0v) is 12.4. The summed E-state index contributed by atoms with van der Waals surface area (Å²) < 4.78 is 0. The molecule has 0 aliphatic heterocycles. The minimum atomic E-state index is -1.02. The van der Waals surface area contributed by atoms with Crippen molar-refractivity contribution in [2.45, 2.75) is 31.3 Å². The Balaban J connectivity index is 1.98. The first kappa shape index (κ1) is 16.7. The Kier molecular flexibility index (Phi) is 5.48. The van der Waals surface area contributed by atoms with Crippen LogP contribution < -0.4 is 11.1 Å². The molecular formula is C16H18N3O4. The second kappa shape index (κ2) is 7.55. The lowest BCUT2D eigenvalue weighted by atomic mass is 10.0. The number of H-pyrrole nitrogens is 1. The van der Waals surface area contributed by atoms with E-state index < -0.39 is 24.0 Å². The molecule has 7 nitrogen and oxygen atoms in total. The number of hydrogen-bond donors (Lipinski definition) is 4. The van der Waals surface area contributed by atoms with E-state index in [-0.39, 0.29) is 19.3 Å². The van der Waals surface area contributed by atoms with Gasteiger partial charge in [-0.1, -0.05) is 18.2 Å². The number of para-hydroxylation sites is 1. The van der Waals surface area contributed by atoms with Gasteiger partial charge in [-0.05, 0) is 18.1 Å². The predicted molar refractivity (Wildman–Crippen MR) is 84.5 cm³/mol. The van der Waals surface area contributed by atoms with Gasteiger partial charge in [0.15, 0.2) is 0 Å². The van der Waals surface area contributed by atoms with E-state index in [1.54, 1.807) is 12.5 Å². The van der Waals surface area contributed by atoms with Crippen molar-refractivity contribution in [2.24, 2.45) is 5.73 Å². The molecule has 23 heavy (non-hydrogen) atoms. The third-order valence-corrected chi connectivity index (χ3v) is 3.56. The van der Waals surface area contributed by atoms with Gasteiger partial charge in [0, 0.05) is 29.9 Å². The number of aliphatic carboxylic acids is 1. The van der Waals surface area contributed by atoms with Crippen molar-refractivity contribution in [3.8, 4) is 0 Å². The number of aromatic nitrogens is 1. The SMILES string of the molecule is N[C@@H](CCC(=O)O)C(=O)N[C@H]([C]=O)Cc1c[nH]c2ccccc12. The molecule has 5 N–H and O–H groups in total.